The second kappa shape index (κ2) is 4.86. The van der Waals surface area contributed by atoms with Gasteiger partial charge in [0.25, 0.3) is 0 Å². The van der Waals surface area contributed by atoms with Crippen LogP contribution in [0.4, 0.5) is 0 Å². The van der Waals surface area contributed by atoms with Gasteiger partial charge in [-0.1, -0.05) is 6.07 Å². The molecule has 0 radical (unpaired) electrons. The number of nitrogens with zero attached hydrogens (tertiary/aromatic N) is 3. The normalized spacial score (nSPS) is 10.9. The molecule has 0 atom stereocenters. The fourth-order valence-electron chi connectivity index (χ4n) is 1.74. The van der Waals surface area contributed by atoms with Crippen LogP contribution in [0.25, 0.3) is 11.2 Å². The molecule has 0 aliphatic rings. The SMILES string of the molecule is Brc1cnc2nc(CCc3cccnc3)oc2c1. The molecule has 0 spiro atoms. The highest BCUT2D eigenvalue weighted by molar-refractivity contribution is 9.10. The zero-order chi connectivity index (χ0) is 12.4. The lowest BCUT2D eigenvalue weighted by molar-refractivity contribution is 0.528. The highest BCUT2D eigenvalue weighted by atomic mass is 79.9. The topological polar surface area (TPSA) is 51.8 Å². The van der Waals surface area contributed by atoms with Crippen molar-refractivity contribution in [1.82, 2.24) is 15.0 Å². The molecule has 90 valence electrons. The molecule has 0 N–H and O–H groups in total. The minimum Gasteiger partial charge on any atom is -0.439 e. The predicted molar refractivity (Wildman–Crippen MR) is 71.1 cm³/mol. The molecule has 3 heterocycles. The third kappa shape index (κ3) is 2.41. The van der Waals surface area contributed by atoms with Gasteiger partial charge in [0.2, 0.25) is 0 Å². The van der Waals surface area contributed by atoms with E-state index in [9.17, 15) is 0 Å². The van der Waals surface area contributed by atoms with Gasteiger partial charge < -0.3 is 4.42 Å². The number of oxazole rings is 1. The highest BCUT2D eigenvalue weighted by Gasteiger charge is 2.07. The smallest absolute Gasteiger partial charge is 0.198 e. The van der Waals surface area contributed by atoms with Gasteiger partial charge in [-0.2, -0.15) is 4.98 Å². The van der Waals surface area contributed by atoms with Crippen LogP contribution in [-0.4, -0.2) is 15.0 Å². The molecule has 0 amide bonds. The van der Waals surface area contributed by atoms with Gasteiger partial charge in [-0.25, -0.2) is 4.98 Å². The fraction of sp³-hybridized carbons (Fsp3) is 0.154. The van der Waals surface area contributed by atoms with Gasteiger partial charge in [0.1, 0.15) is 0 Å². The predicted octanol–water partition coefficient (Wildman–Crippen LogP) is 3.17. The van der Waals surface area contributed by atoms with Crippen molar-refractivity contribution in [2.75, 3.05) is 0 Å². The summed E-state index contributed by atoms with van der Waals surface area (Å²) in [6.45, 7) is 0. The summed E-state index contributed by atoms with van der Waals surface area (Å²) < 4.78 is 6.54. The Morgan fingerprint density at radius 2 is 2.17 bits per heavy atom. The molecular weight excluding hydrogens is 294 g/mol. The third-order valence-electron chi connectivity index (χ3n) is 2.61. The number of hydrogen-bond acceptors (Lipinski definition) is 4. The summed E-state index contributed by atoms with van der Waals surface area (Å²) in [4.78, 5) is 12.6. The Balaban J connectivity index is 1.79. The van der Waals surface area contributed by atoms with Gasteiger partial charge in [-0.3, -0.25) is 4.98 Å². The molecule has 0 saturated heterocycles. The van der Waals surface area contributed by atoms with E-state index in [4.69, 9.17) is 4.42 Å². The number of aryl methyl sites for hydroxylation is 2. The Morgan fingerprint density at radius 1 is 1.22 bits per heavy atom. The molecular formula is C13H10BrN3O. The number of pyridine rings is 2. The highest BCUT2D eigenvalue weighted by Crippen LogP contribution is 2.18. The first-order valence-electron chi connectivity index (χ1n) is 5.61. The van der Waals surface area contributed by atoms with Crippen molar-refractivity contribution < 1.29 is 4.42 Å². The molecule has 0 saturated carbocycles. The van der Waals surface area contributed by atoms with E-state index >= 15 is 0 Å². The Morgan fingerprint density at radius 3 is 3.00 bits per heavy atom. The Hall–Kier alpha value is -1.75. The molecule has 0 unspecified atom stereocenters. The Kier molecular flexibility index (Phi) is 3.06. The first-order chi connectivity index (χ1) is 8.81. The number of halogens is 1. The minimum absolute atomic E-state index is 0.652. The number of fused-ring (bicyclic) bond motifs is 1. The van der Waals surface area contributed by atoms with Crippen molar-refractivity contribution in [3.8, 4) is 0 Å². The van der Waals surface area contributed by atoms with Crippen molar-refractivity contribution in [1.29, 1.82) is 0 Å². The quantitative estimate of drug-likeness (QED) is 0.746. The lowest BCUT2D eigenvalue weighted by Gasteiger charge is -1.96. The lowest BCUT2D eigenvalue weighted by atomic mass is 10.2. The average Bonchev–Trinajstić information content (AvgIpc) is 2.79. The number of rotatable bonds is 3. The summed E-state index contributed by atoms with van der Waals surface area (Å²) in [5, 5.41) is 0. The molecule has 0 aliphatic carbocycles. The maximum atomic E-state index is 5.65. The van der Waals surface area contributed by atoms with Crippen molar-refractivity contribution in [2.24, 2.45) is 0 Å². The van der Waals surface area contributed by atoms with Crippen LogP contribution < -0.4 is 0 Å². The fourth-order valence-corrected chi connectivity index (χ4v) is 2.05. The first-order valence-corrected chi connectivity index (χ1v) is 6.40. The second-order valence-electron chi connectivity index (χ2n) is 3.94. The van der Waals surface area contributed by atoms with E-state index < -0.39 is 0 Å². The van der Waals surface area contributed by atoms with Crippen LogP contribution in [0.2, 0.25) is 0 Å². The maximum Gasteiger partial charge on any atom is 0.198 e. The van der Waals surface area contributed by atoms with Crippen LogP contribution in [0, 0.1) is 0 Å². The van der Waals surface area contributed by atoms with E-state index in [1.165, 1.54) is 5.56 Å². The molecule has 5 heteroatoms. The first kappa shape index (κ1) is 11.3. The lowest BCUT2D eigenvalue weighted by Crippen LogP contribution is -1.91. The molecule has 3 rings (SSSR count). The molecule has 0 aromatic carbocycles. The van der Waals surface area contributed by atoms with Gasteiger partial charge >= 0.3 is 0 Å². The molecule has 0 aliphatic heterocycles. The average molecular weight is 304 g/mol. The van der Waals surface area contributed by atoms with Crippen molar-refractivity contribution in [3.05, 3.63) is 52.7 Å². The Labute approximate surface area is 112 Å². The zero-order valence-electron chi connectivity index (χ0n) is 9.51. The third-order valence-corrected chi connectivity index (χ3v) is 3.04. The van der Waals surface area contributed by atoms with Crippen LogP contribution >= 0.6 is 15.9 Å². The van der Waals surface area contributed by atoms with Crippen LogP contribution in [0.15, 0.2) is 45.7 Å². The van der Waals surface area contributed by atoms with Gasteiger partial charge in [-0.15, -0.1) is 0 Å². The summed E-state index contributed by atoms with van der Waals surface area (Å²) in [6.07, 6.45) is 6.96. The summed E-state index contributed by atoms with van der Waals surface area (Å²) in [5.41, 5.74) is 2.54. The Bertz CT molecular complexity index is 666. The van der Waals surface area contributed by atoms with Crippen molar-refractivity contribution in [3.63, 3.8) is 0 Å². The van der Waals surface area contributed by atoms with Crippen molar-refractivity contribution >= 4 is 27.2 Å². The van der Waals surface area contributed by atoms with Crippen molar-refractivity contribution in [2.45, 2.75) is 12.8 Å². The van der Waals surface area contributed by atoms with E-state index in [0.29, 0.717) is 17.1 Å². The summed E-state index contributed by atoms with van der Waals surface area (Å²) in [6, 6.07) is 5.85. The molecule has 0 bridgehead atoms. The van der Waals surface area contributed by atoms with Gasteiger partial charge in [0, 0.05) is 35.6 Å². The van der Waals surface area contributed by atoms with Gasteiger partial charge in [0.15, 0.2) is 17.1 Å². The van der Waals surface area contributed by atoms with E-state index in [1.54, 1.807) is 12.4 Å². The van der Waals surface area contributed by atoms with Crippen LogP contribution in [-0.2, 0) is 12.8 Å². The van der Waals surface area contributed by atoms with Gasteiger partial charge in [-0.05, 0) is 34.0 Å². The second-order valence-corrected chi connectivity index (χ2v) is 4.86. The van der Waals surface area contributed by atoms with Crippen LogP contribution in [0.3, 0.4) is 0 Å². The maximum absolute atomic E-state index is 5.65. The zero-order valence-corrected chi connectivity index (χ0v) is 11.1. The molecule has 0 fully saturated rings. The number of hydrogen-bond donors (Lipinski definition) is 0. The van der Waals surface area contributed by atoms with E-state index in [1.807, 2.05) is 24.4 Å². The molecule has 18 heavy (non-hydrogen) atoms. The van der Waals surface area contributed by atoms with E-state index in [2.05, 4.69) is 30.9 Å². The minimum atomic E-state index is 0.652. The monoisotopic (exact) mass is 303 g/mol. The number of aromatic nitrogens is 3. The largest absolute Gasteiger partial charge is 0.439 e. The van der Waals surface area contributed by atoms with E-state index in [0.717, 1.165) is 17.3 Å². The van der Waals surface area contributed by atoms with Gasteiger partial charge in [0.05, 0.1) is 0 Å². The summed E-state index contributed by atoms with van der Waals surface area (Å²) >= 11 is 3.36. The standard InChI is InChI=1S/C13H10BrN3O/c14-10-6-11-13(16-8-10)17-12(18-11)4-3-9-2-1-5-15-7-9/h1-2,5-8H,3-4H2. The summed E-state index contributed by atoms with van der Waals surface area (Å²) in [7, 11) is 0. The summed E-state index contributed by atoms with van der Waals surface area (Å²) in [5.74, 6) is 0.708. The molecule has 4 nitrogen and oxygen atoms in total. The van der Waals surface area contributed by atoms with Crippen LogP contribution in [0.5, 0.6) is 0 Å². The van der Waals surface area contributed by atoms with E-state index in [-0.39, 0.29) is 0 Å². The van der Waals surface area contributed by atoms with Crippen LogP contribution in [0.1, 0.15) is 11.5 Å². The molecule has 3 aromatic heterocycles. The molecule has 3 aromatic rings.